The summed E-state index contributed by atoms with van der Waals surface area (Å²) in [6.45, 7) is 0.516. The Morgan fingerprint density at radius 1 is 1.25 bits per heavy atom. The van der Waals surface area contributed by atoms with Crippen LogP contribution in [0.25, 0.3) is 0 Å². The number of hydrogen-bond donors (Lipinski definition) is 1. The first-order chi connectivity index (χ1) is 11.4. The third kappa shape index (κ3) is 3.72. The first-order valence-electron chi connectivity index (χ1n) is 7.37. The van der Waals surface area contributed by atoms with Gasteiger partial charge in [0.05, 0.1) is 11.4 Å². The number of halogens is 1. The van der Waals surface area contributed by atoms with Crippen LogP contribution in [0.1, 0.15) is 12.1 Å². The number of anilines is 1. The average molecular weight is 345 g/mol. The Morgan fingerprint density at radius 3 is 2.79 bits per heavy atom. The van der Waals surface area contributed by atoms with Crippen molar-refractivity contribution in [2.24, 2.45) is 5.14 Å². The standard InChI is InChI=1S/C17H16FN3O2S/c18-17(8-7-14-4-1-2-10-20-14)9-11-21(13-17)15-5-3-6-16(12-15)24(19,22)23/h1-6,10,12H,9,11,13H2,(H2,19,22,23). The van der Waals surface area contributed by atoms with E-state index in [4.69, 9.17) is 5.14 Å². The highest BCUT2D eigenvalue weighted by molar-refractivity contribution is 7.89. The molecular formula is C17H16FN3O2S. The van der Waals surface area contributed by atoms with Crippen LogP contribution in [-0.4, -0.2) is 32.2 Å². The van der Waals surface area contributed by atoms with Crippen LogP contribution in [0.15, 0.2) is 53.6 Å². The normalized spacial score (nSPS) is 20.5. The first-order valence-corrected chi connectivity index (χ1v) is 8.91. The van der Waals surface area contributed by atoms with E-state index >= 15 is 0 Å². The third-order valence-electron chi connectivity index (χ3n) is 3.81. The molecule has 1 aromatic heterocycles. The smallest absolute Gasteiger partial charge is 0.238 e. The Balaban J connectivity index is 1.79. The van der Waals surface area contributed by atoms with Crippen molar-refractivity contribution in [2.45, 2.75) is 17.0 Å². The summed E-state index contributed by atoms with van der Waals surface area (Å²) in [6.07, 6.45) is 1.85. The maximum absolute atomic E-state index is 14.9. The van der Waals surface area contributed by atoms with Gasteiger partial charge in [-0.2, -0.15) is 0 Å². The first kappa shape index (κ1) is 16.4. The molecule has 1 unspecified atom stereocenters. The van der Waals surface area contributed by atoms with Gasteiger partial charge in [-0.25, -0.2) is 22.9 Å². The summed E-state index contributed by atoms with van der Waals surface area (Å²) in [7, 11) is -3.79. The van der Waals surface area contributed by atoms with E-state index in [9.17, 15) is 12.8 Å². The lowest BCUT2D eigenvalue weighted by atomic mass is 10.1. The van der Waals surface area contributed by atoms with Gasteiger partial charge in [0.25, 0.3) is 0 Å². The number of rotatable bonds is 2. The fourth-order valence-electron chi connectivity index (χ4n) is 2.57. The highest BCUT2D eigenvalue weighted by atomic mass is 32.2. The number of benzene rings is 1. The van der Waals surface area contributed by atoms with Gasteiger partial charge >= 0.3 is 0 Å². The van der Waals surface area contributed by atoms with Crippen LogP contribution in [0.4, 0.5) is 10.1 Å². The second-order valence-corrected chi connectivity index (χ2v) is 7.21. The summed E-state index contributed by atoms with van der Waals surface area (Å²) in [4.78, 5) is 5.83. The molecule has 0 spiro atoms. The second-order valence-electron chi connectivity index (χ2n) is 5.64. The number of primary sulfonamides is 1. The van der Waals surface area contributed by atoms with Crippen LogP contribution in [0.3, 0.4) is 0 Å². The molecule has 1 aliphatic rings. The lowest BCUT2D eigenvalue weighted by molar-refractivity contribution is 0.274. The zero-order valence-corrected chi connectivity index (χ0v) is 13.6. The van der Waals surface area contributed by atoms with E-state index in [1.165, 1.54) is 12.1 Å². The van der Waals surface area contributed by atoms with Crippen molar-refractivity contribution in [1.29, 1.82) is 0 Å². The number of nitrogens with two attached hydrogens (primary N) is 1. The molecule has 2 heterocycles. The van der Waals surface area contributed by atoms with Crippen LogP contribution in [0.5, 0.6) is 0 Å². The maximum Gasteiger partial charge on any atom is 0.238 e. The fraction of sp³-hybridized carbons (Fsp3) is 0.235. The van der Waals surface area contributed by atoms with Crippen LogP contribution >= 0.6 is 0 Å². The highest BCUT2D eigenvalue weighted by Gasteiger charge is 2.37. The van der Waals surface area contributed by atoms with E-state index in [1.54, 1.807) is 41.4 Å². The zero-order valence-electron chi connectivity index (χ0n) is 12.8. The molecule has 1 saturated heterocycles. The molecule has 1 atom stereocenters. The summed E-state index contributed by atoms with van der Waals surface area (Å²) in [5.41, 5.74) is -0.528. The van der Waals surface area contributed by atoms with E-state index in [2.05, 4.69) is 16.8 Å². The molecule has 3 rings (SSSR count). The number of nitrogens with zero attached hydrogens (tertiary/aromatic N) is 2. The Bertz CT molecular complexity index is 906. The molecule has 2 N–H and O–H groups in total. The fourth-order valence-corrected chi connectivity index (χ4v) is 3.12. The largest absolute Gasteiger partial charge is 0.367 e. The van der Waals surface area contributed by atoms with E-state index in [-0.39, 0.29) is 17.9 Å². The molecule has 7 heteroatoms. The van der Waals surface area contributed by atoms with Gasteiger partial charge in [0.15, 0.2) is 5.67 Å². The lowest BCUT2D eigenvalue weighted by Crippen LogP contribution is -2.27. The molecule has 5 nitrogen and oxygen atoms in total. The van der Waals surface area contributed by atoms with E-state index in [0.717, 1.165) is 0 Å². The molecular weight excluding hydrogens is 329 g/mol. The summed E-state index contributed by atoms with van der Waals surface area (Å²) in [5.74, 6) is 5.41. The predicted octanol–water partition coefficient (Wildman–Crippen LogP) is 1.70. The van der Waals surface area contributed by atoms with E-state index in [1.807, 2.05) is 0 Å². The third-order valence-corrected chi connectivity index (χ3v) is 4.72. The molecule has 124 valence electrons. The topological polar surface area (TPSA) is 76.3 Å². The monoisotopic (exact) mass is 345 g/mol. The number of sulfonamides is 1. The van der Waals surface area contributed by atoms with Crippen molar-refractivity contribution in [3.63, 3.8) is 0 Å². The van der Waals surface area contributed by atoms with Gasteiger partial charge in [-0.3, -0.25) is 0 Å². The van der Waals surface area contributed by atoms with Crippen molar-refractivity contribution >= 4 is 15.7 Å². The van der Waals surface area contributed by atoms with E-state index in [0.29, 0.717) is 17.9 Å². The molecule has 1 aliphatic heterocycles. The van der Waals surface area contributed by atoms with Gasteiger partial charge in [-0.05, 0) is 36.3 Å². The minimum Gasteiger partial charge on any atom is -0.367 e. The molecule has 0 amide bonds. The van der Waals surface area contributed by atoms with Gasteiger partial charge in [-0.1, -0.05) is 18.1 Å². The highest BCUT2D eigenvalue weighted by Crippen LogP contribution is 2.30. The van der Waals surface area contributed by atoms with Crippen LogP contribution in [0.2, 0.25) is 0 Å². The summed E-state index contributed by atoms with van der Waals surface area (Å²) in [5, 5.41) is 5.14. The average Bonchev–Trinajstić information content (AvgIpc) is 2.96. The van der Waals surface area contributed by atoms with Crippen molar-refractivity contribution in [1.82, 2.24) is 4.98 Å². The second kappa shape index (κ2) is 6.23. The Labute approximate surface area is 140 Å². The van der Waals surface area contributed by atoms with Gasteiger partial charge in [0.1, 0.15) is 5.69 Å². The van der Waals surface area contributed by atoms with Crippen LogP contribution in [-0.2, 0) is 10.0 Å². The number of pyridine rings is 1. The van der Waals surface area contributed by atoms with Crippen molar-refractivity contribution in [2.75, 3.05) is 18.0 Å². The minimum absolute atomic E-state index is 0.0101. The predicted molar refractivity (Wildman–Crippen MR) is 89.6 cm³/mol. The van der Waals surface area contributed by atoms with Crippen LogP contribution < -0.4 is 10.0 Å². The lowest BCUT2D eigenvalue weighted by Gasteiger charge is -2.19. The van der Waals surface area contributed by atoms with Crippen molar-refractivity contribution < 1.29 is 12.8 Å². The van der Waals surface area contributed by atoms with Crippen LogP contribution in [0, 0.1) is 11.8 Å². The Morgan fingerprint density at radius 2 is 2.08 bits per heavy atom. The quantitative estimate of drug-likeness (QED) is 0.841. The molecule has 1 aromatic carbocycles. The van der Waals surface area contributed by atoms with Crippen molar-refractivity contribution in [3.05, 3.63) is 54.4 Å². The molecule has 24 heavy (non-hydrogen) atoms. The molecule has 0 saturated carbocycles. The summed E-state index contributed by atoms with van der Waals surface area (Å²) < 4.78 is 37.8. The Hall–Kier alpha value is -2.43. The van der Waals surface area contributed by atoms with E-state index < -0.39 is 15.7 Å². The van der Waals surface area contributed by atoms with Crippen molar-refractivity contribution in [3.8, 4) is 11.8 Å². The number of hydrogen-bond acceptors (Lipinski definition) is 4. The number of alkyl halides is 1. The maximum atomic E-state index is 14.9. The summed E-state index contributed by atoms with van der Waals surface area (Å²) in [6, 6.07) is 11.5. The van der Waals surface area contributed by atoms with Gasteiger partial charge < -0.3 is 4.90 Å². The molecule has 0 bridgehead atoms. The molecule has 2 aromatic rings. The SMILES string of the molecule is NS(=O)(=O)c1cccc(N2CCC(F)(C#Cc3ccccn3)C2)c1. The van der Waals surface area contributed by atoms with Gasteiger partial charge in [0, 0.05) is 24.8 Å². The molecule has 1 fully saturated rings. The zero-order chi connectivity index (χ0) is 17.2. The van der Waals surface area contributed by atoms with Gasteiger partial charge in [0.2, 0.25) is 10.0 Å². The Kier molecular flexibility index (Phi) is 4.26. The number of aromatic nitrogens is 1. The van der Waals surface area contributed by atoms with Gasteiger partial charge in [-0.15, -0.1) is 0 Å². The molecule has 0 aliphatic carbocycles. The molecule has 0 radical (unpaired) electrons. The minimum atomic E-state index is -3.79. The summed E-state index contributed by atoms with van der Waals surface area (Å²) >= 11 is 0.